The van der Waals surface area contributed by atoms with Gasteiger partial charge in [0.1, 0.15) is 6.04 Å². The van der Waals surface area contributed by atoms with E-state index in [-0.39, 0.29) is 11.8 Å². The second-order valence-electron chi connectivity index (χ2n) is 7.64. The summed E-state index contributed by atoms with van der Waals surface area (Å²) >= 11 is 6.29. The zero-order chi connectivity index (χ0) is 19.5. The van der Waals surface area contributed by atoms with Crippen molar-refractivity contribution in [2.45, 2.75) is 44.7 Å². The summed E-state index contributed by atoms with van der Waals surface area (Å²) in [5.41, 5.74) is 2.71. The molecule has 0 spiro atoms. The Morgan fingerprint density at radius 3 is 2.21 bits per heavy atom. The van der Waals surface area contributed by atoms with E-state index in [0.29, 0.717) is 23.6 Å². The topological polar surface area (TPSA) is 40.6 Å². The number of nitrogens with zero attached hydrogens (tertiary/aromatic N) is 2. The monoisotopic (exact) mass is 396 g/mol. The number of hydrogen-bond acceptors (Lipinski definition) is 2. The van der Waals surface area contributed by atoms with Crippen molar-refractivity contribution in [2.24, 2.45) is 0 Å². The molecular formula is C23H25ClN2O2. The van der Waals surface area contributed by atoms with Crippen LogP contribution in [0.1, 0.15) is 47.2 Å². The molecule has 2 heterocycles. The lowest BCUT2D eigenvalue weighted by molar-refractivity contribution is -0.136. The molecule has 146 valence electrons. The fraction of sp³-hybridized carbons (Fsp3) is 0.391. The van der Waals surface area contributed by atoms with Crippen molar-refractivity contribution >= 4 is 23.4 Å². The molecule has 0 N–H and O–H groups in total. The van der Waals surface area contributed by atoms with Gasteiger partial charge in [-0.25, -0.2) is 0 Å². The Kier molecular flexibility index (Phi) is 5.67. The summed E-state index contributed by atoms with van der Waals surface area (Å²) in [5, 5.41) is 0.423. The van der Waals surface area contributed by atoms with Crippen molar-refractivity contribution < 1.29 is 9.59 Å². The van der Waals surface area contributed by atoms with Gasteiger partial charge in [0.2, 0.25) is 5.91 Å². The van der Waals surface area contributed by atoms with E-state index in [1.807, 2.05) is 35.2 Å². The van der Waals surface area contributed by atoms with Crippen LogP contribution in [0.3, 0.4) is 0 Å². The van der Waals surface area contributed by atoms with Gasteiger partial charge >= 0.3 is 0 Å². The van der Waals surface area contributed by atoms with Crippen molar-refractivity contribution in [3.63, 3.8) is 0 Å². The molecule has 5 heteroatoms. The summed E-state index contributed by atoms with van der Waals surface area (Å²) in [6, 6.07) is 14.7. The van der Waals surface area contributed by atoms with Crippen molar-refractivity contribution in [1.29, 1.82) is 0 Å². The minimum absolute atomic E-state index is 0.0665. The molecule has 1 unspecified atom stereocenters. The molecule has 2 amide bonds. The number of amides is 2. The summed E-state index contributed by atoms with van der Waals surface area (Å²) in [6.07, 6.45) is 4.96. The Morgan fingerprint density at radius 1 is 0.857 bits per heavy atom. The molecule has 2 aliphatic heterocycles. The molecule has 1 atom stereocenters. The van der Waals surface area contributed by atoms with Crippen LogP contribution in [0, 0.1) is 0 Å². The Bertz CT molecular complexity index is 874. The normalized spacial score (nSPS) is 19.7. The second-order valence-corrected chi connectivity index (χ2v) is 8.05. The van der Waals surface area contributed by atoms with Gasteiger partial charge < -0.3 is 9.80 Å². The van der Waals surface area contributed by atoms with Crippen LogP contribution in [0.4, 0.5) is 0 Å². The van der Waals surface area contributed by atoms with Crippen molar-refractivity contribution in [2.75, 3.05) is 13.1 Å². The van der Waals surface area contributed by atoms with Gasteiger partial charge in [-0.2, -0.15) is 0 Å². The predicted molar refractivity (Wildman–Crippen MR) is 110 cm³/mol. The highest BCUT2D eigenvalue weighted by Crippen LogP contribution is 2.28. The van der Waals surface area contributed by atoms with Gasteiger partial charge in [0.15, 0.2) is 0 Å². The molecule has 4 nitrogen and oxygen atoms in total. The summed E-state index contributed by atoms with van der Waals surface area (Å²) in [5.74, 6) is -0.106. The Labute approximate surface area is 171 Å². The Morgan fingerprint density at radius 2 is 1.50 bits per heavy atom. The van der Waals surface area contributed by atoms with Crippen LogP contribution >= 0.6 is 11.6 Å². The van der Waals surface area contributed by atoms with Crippen molar-refractivity contribution in [1.82, 2.24) is 9.80 Å². The zero-order valence-corrected chi connectivity index (χ0v) is 16.7. The van der Waals surface area contributed by atoms with Gasteiger partial charge in [-0.15, -0.1) is 0 Å². The quantitative estimate of drug-likeness (QED) is 0.758. The first kappa shape index (κ1) is 19.0. The average molecular weight is 397 g/mol. The SMILES string of the molecule is O=C(C1Cc2ccccc2CN1C(=O)c1ccccc1Cl)N1CCCCCC1. The zero-order valence-electron chi connectivity index (χ0n) is 15.9. The van der Waals surface area contributed by atoms with E-state index in [2.05, 4.69) is 6.07 Å². The van der Waals surface area contributed by atoms with Crippen molar-refractivity contribution in [3.05, 3.63) is 70.2 Å². The number of carbonyl (C=O) groups is 2. The van der Waals surface area contributed by atoms with Gasteiger partial charge in [0.25, 0.3) is 5.91 Å². The first-order valence-corrected chi connectivity index (χ1v) is 10.4. The number of benzene rings is 2. The number of carbonyl (C=O) groups excluding carboxylic acids is 2. The van der Waals surface area contributed by atoms with E-state index >= 15 is 0 Å². The molecule has 28 heavy (non-hydrogen) atoms. The minimum atomic E-state index is -0.475. The maximum atomic E-state index is 13.4. The van der Waals surface area contributed by atoms with E-state index in [1.54, 1.807) is 17.0 Å². The predicted octanol–water partition coefficient (Wildman–Crippen LogP) is 4.31. The van der Waals surface area contributed by atoms with Crippen LogP contribution in [-0.4, -0.2) is 40.7 Å². The Hall–Kier alpha value is -2.33. The van der Waals surface area contributed by atoms with E-state index in [0.717, 1.165) is 37.1 Å². The number of hydrogen-bond donors (Lipinski definition) is 0. The third kappa shape index (κ3) is 3.79. The highest BCUT2D eigenvalue weighted by atomic mass is 35.5. The summed E-state index contributed by atoms with van der Waals surface area (Å²) in [6.45, 7) is 2.00. The standard InChI is InChI=1S/C23H25ClN2O2/c24-20-12-6-5-11-19(20)22(27)26-16-18-10-4-3-9-17(18)15-21(26)23(28)25-13-7-1-2-8-14-25/h3-6,9-12,21H,1-2,7-8,13-16H2. The summed E-state index contributed by atoms with van der Waals surface area (Å²) < 4.78 is 0. The molecule has 0 aromatic heterocycles. The van der Waals surface area contributed by atoms with Crippen LogP contribution in [-0.2, 0) is 17.8 Å². The minimum Gasteiger partial charge on any atom is -0.341 e. The average Bonchev–Trinajstić information content (AvgIpc) is 3.02. The first-order chi connectivity index (χ1) is 13.6. The summed E-state index contributed by atoms with van der Waals surface area (Å²) in [4.78, 5) is 30.5. The molecule has 0 bridgehead atoms. The third-order valence-electron chi connectivity index (χ3n) is 5.82. The van der Waals surface area contributed by atoms with Crippen LogP contribution < -0.4 is 0 Å². The second kappa shape index (κ2) is 8.36. The molecule has 2 aromatic carbocycles. The molecule has 2 aliphatic rings. The van der Waals surface area contributed by atoms with Crippen LogP contribution in [0.15, 0.2) is 48.5 Å². The Balaban J connectivity index is 1.67. The van der Waals surface area contributed by atoms with E-state index in [4.69, 9.17) is 11.6 Å². The molecule has 0 saturated carbocycles. The molecular weight excluding hydrogens is 372 g/mol. The highest BCUT2D eigenvalue weighted by molar-refractivity contribution is 6.33. The van der Waals surface area contributed by atoms with Crippen LogP contribution in [0.5, 0.6) is 0 Å². The molecule has 4 rings (SSSR count). The first-order valence-electron chi connectivity index (χ1n) is 10.1. The lowest BCUT2D eigenvalue weighted by Crippen LogP contribution is -2.53. The maximum Gasteiger partial charge on any atom is 0.256 e. The molecule has 0 radical (unpaired) electrons. The lowest BCUT2D eigenvalue weighted by atomic mass is 9.92. The van der Waals surface area contributed by atoms with Gasteiger partial charge in [0, 0.05) is 26.1 Å². The van der Waals surface area contributed by atoms with Gasteiger partial charge in [0.05, 0.1) is 10.6 Å². The smallest absolute Gasteiger partial charge is 0.256 e. The molecule has 1 fully saturated rings. The molecule has 2 aromatic rings. The van der Waals surface area contributed by atoms with Crippen molar-refractivity contribution in [3.8, 4) is 0 Å². The third-order valence-corrected chi connectivity index (χ3v) is 6.15. The number of fused-ring (bicyclic) bond motifs is 1. The number of halogens is 1. The van der Waals surface area contributed by atoms with Gasteiger partial charge in [-0.1, -0.05) is 60.8 Å². The lowest BCUT2D eigenvalue weighted by Gasteiger charge is -2.38. The van der Waals surface area contributed by atoms with E-state index < -0.39 is 6.04 Å². The van der Waals surface area contributed by atoms with E-state index in [1.165, 1.54) is 12.8 Å². The molecule has 0 aliphatic carbocycles. The summed E-state index contributed by atoms with van der Waals surface area (Å²) in [7, 11) is 0. The maximum absolute atomic E-state index is 13.4. The molecule has 1 saturated heterocycles. The van der Waals surface area contributed by atoms with E-state index in [9.17, 15) is 9.59 Å². The highest BCUT2D eigenvalue weighted by Gasteiger charge is 2.37. The van der Waals surface area contributed by atoms with Gasteiger partial charge in [-0.05, 0) is 36.1 Å². The largest absolute Gasteiger partial charge is 0.341 e. The fourth-order valence-corrected chi connectivity index (χ4v) is 4.46. The number of likely N-dealkylation sites (tertiary alicyclic amines) is 1. The number of rotatable bonds is 2. The van der Waals surface area contributed by atoms with Gasteiger partial charge in [-0.3, -0.25) is 9.59 Å². The fourth-order valence-electron chi connectivity index (χ4n) is 4.25. The van der Waals surface area contributed by atoms with Crippen LogP contribution in [0.2, 0.25) is 5.02 Å². The van der Waals surface area contributed by atoms with Crippen LogP contribution in [0.25, 0.3) is 0 Å².